The summed E-state index contributed by atoms with van der Waals surface area (Å²) in [6, 6.07) is 7.06. The van der Waals surface area contributed by atoms with Crippen molar-refractivity contribution in [1.29, 1.82) is 0 Å². The van der Waals surface area contributed by atoms with Crippen molar-refractivity contribution in [3.63, 3.8) is 0 Å². The molecule has 0 saturated heterocycles. The summed E-state index contributed by atoms with van der Waals surface area (Å²) in [5.74, 6) is 0. The van der Waals surface area contributed by atoms with Crippen LogP contribution in [0.2, 0.25) is 0 Å². The second-order valence-corrected chi connectivity index (χ2v) is 8.31. The van der Waals surface area contributed by atoms with Crippen LogP contribution in [0.1, 0.15) is 38.5 Å². The minimum Gasteiger partial charge on any atom is -0.330 e. The third-order valence-electron chi connectivity index (χ3n) is 3.97. The van der Waals surface area contributed by atoms with Crippen LogP contribution in [0.3, 0.4) is 0 Å². The maximum absolute atomic E-state index is 13.0. The highest BCUT2D eigenvalue weighted by Gasteiger charge is 2.31. The molecule has 2 rings (SSSR count). The lowest BCUT2D eigenvalue weighted by Crippen LogP contribution is -2.42. The van der Waals surface area contributed by atoms with E-state index in [0.717, 1.165) is 30.2 Å². The van der Waals surface area contributed by atoms with E-state index in [4.69, 9.17) is 5.73 Å². The number of hydrogen-bond donors (Lipinski definition) is 1. The molecule has 0 unspecified atom stereocenters. The van der Waals surface area contributed by atoms with Gasteiger partial charge < -0.3 is 5.73 Å². The van der Waals surface area contributed by atoms with E-state index in [1.54, 1.807) is 22.5 Å². The first-order valence-electron chi connectivity index (χ1n) is 7.53. The quantitative estimate of drug-likeness (QED) is 0.831. The number of nitrogens with zero attached hydrogens (tertiary/aromatic N) is 1. The molecule has 1 fully saturated rings. The Balaban J connectivity index is 2.29. The van der Waals surface area contributed by atoms with Crippen molar-refractivity contribution in [2.75, 3.05) is 13.1 Å². The second kappa shape index (κ2) is 7.72. The van der Waals surface area contributed by atoms with Crippen LogP contribution in [0.5, 0.6) is 0 Å². The highest BCUT2D eigenvalue weighted by Crippen LogP contribution is 2.28. The summed E-state index contributed by atoms with van der Waals surface area (Å²) in [5, 5.41) is 0. The van der Waals surface area contributed by atoms with E-state index in [9.17, 15) is 8.42 Å². The minimum atomic E-state index is -3.45. The monoisotopic (exact) mass is 374 g/mol. The van der Waals surface area contributed by atoms with Gasteiger partial charge in [-0.25, -0.2) is 8.42 Å². The van der Waals surface area contributed by atoms with Crippen LogP contribution in [0.15, 0.2) is 33.6 Å². The third kappa shape index (κ3) is 4.28. The fourth-order valence-electron chi connectivity index (χ4n) is 2.88. The number of hydrogen-bond acceptors (Lipinski definition) is 3. The fourth-order valence-corrected chi connectivity index (χ4v) is 5.20. The van der Waals surface area contributed by atoms with Crippen LogP contribution in [0, 0.1) is 0 Å². The van der Waals surface area contributed by atoms with Gasteiger partial charge in [-0.2, -0.15) is 4.31 Å². The van der Waals surface area contributed by atoms with Crippen molar-refractivity contribution in [2.45, 2.75) is 49.5 Å². The summed E-state index contributed by atoms with van der Waals surface area (Å²) in [5.41, 5.74) is 5.58. The molecular weight excluding hydrogens is 352 g/mol. The molecular formula is C15H23BrN2O2S. The molecule has 6 heteroatoms. The molecule has 0 aliphatic heterocycles. The standard InChI is InChI=1S/C15H23BrN2O2S/c16-13-6-4-9-15(12-13)21(19,20)18(11-5-10-17)14-7-2-1-3-8-14/h4,6,9,12,14H,1-3,5,7-8,10-11,17H2. The lowest BCUT2D eigenvalue weighted by Gasteiger charge is -2.33. The van der Waals surface area contributed by atoms with Gasteiger partial charge in [-0.15, -0.1) is 0 Å². The zero-order chi connectivity index (χ0) is 15.3. The van der Waals surface area contributed by atoms with E-state index in [-0.39, 0.29) is 6.04 Å². The number of sulfonamides is 1. The molecule has 1 saturated carbocycles. The molecule has 21 heavy (non-hydrogen) atoms. The SMILES string of the molecule is NCCCN(C1CCCCC1)S(=O)(=O)c1cccc(Br)c1. The molecule has 0 amide bonds. The lowest BCUT2D eigenvalue weighted by molar-refractivity contribution is 0.252. The number of benzene rings is 1. The third-order valence-corrected chi connectivity index (χ3v) is 6.41. The van der Waals surface area contributed by atoms with Crippen LogP contribution in [0.4, 0.5) is 0 Å². The Hall–Kier alpha value is -0.430. The van der Waals surface area contributed by atoms with Gasteiger partial charge in [0.05, 0.1) is 4.90 Å². The predicted molar refractivity (Wildman–Crippen MR) is 88.6 cm³/mol. The lowest BCUT2D eigenvalue weighted by atomic mass is 9.95. The summed E-state index contributed by atoms with van der Waals surface area (Å²) in [4.78, 5) is 0.361. The largest absolute Gasteiger partial charge is 0.330 e. The van der Waals surface area contributed by atoms with E-state index >= 15 is 0 Å². The summed E-state index contributed by atoms with van der Waals surface area (Å²) >= 11 is 3.35. The zero-order valence-electron chi connectivity index (χ0n) is 12.2. The van der Waals surface area contributed by atoms with Crippen molar-refractivity contribution in [3.05, 3.63) is 28.7 Å². The van der Waals surface area contributed by atoms with Crippen molar-refractivity contribution < 1.29 is 8.42 Å². The van der Waals surface area contributed by atoms with E-state index in [0.29, 0.717) is 24.4 Å². The molecule has 2 N–H and O–H groups in total. The Morgan fingerprint density at radius 1 is 1.24 bits per heavy atom. The molecule has 1 aromatic rings. The molecule has 1 aliphatic carbocycles. The van der Waals surface area contributed by atoms with Crippen LogP contribution < -0.4 is 5.73 Å². The average Bonchev–Trinajstić information content (AvgIpc) is 2.48. The summed E-state index contributed by atoms with van der Waals surface area (Å²) in [6.07, 6.45) is 6.03. The zero-order valence-corrected chi connectivity index (χ0v) is 14.6. The number of rotatable bonds is 6. The van der Waals surface area contributed by atoms with Gasteiger partial charge in [0.1, 0.15) is 0 Å². The van der Waals surface area contributed by atoms with Gasteiger partial charge in [0.25, 0.3) is 0 Å². The van der Waals surface area contributed by atoms with Crippen molar-refractivity contribution >= 4 is 26.0 Å². The van der Waals surface area contributed by atoms with Gasteiger partial charge in [0, 0.05) is 17.1 Å². The van der Waals surface area contributed by atoms with Crippen molar-refractivity contribution in [1.82, 2.24) is 4.31 Å². The van der Waals surface area contributed by atoms with Crippen LogP contribution >= 0.6 is 15.9 Å². The van der Waals surface area contributed by atoms with E-state index < -0.39 is 10.0 Å². The van der Waals surface area contributed by atoms with Gasteiger partial charge >= 0.3 is 0 Å². The highest BCUT2D eigenvalue weighted by molar-refractivity contribution is 9.10. The van der Waals surface area contributed by atoms with Gasteiger partial charge in [0.15, 0.2) is 0 Å². The normalized spacial score (nSPS) is 17.3. The number of nitrogens with two attached hydrogens (primary N) is 1. The van der Waals surface area contributed by atoms with Gasteiger partial charge in [0.2, 0.25) is 10.0 Å². The Bertz CT molecular complexity index is 557. The number of halogens is 1. The van der Waals surface area contributed by atoms with Crippen molar-refractivity contribution in [2.24, 2.45) is 5.73 Å². The van der Waals surface area contributed by atoms with E-state index in [1.807, 2.05) is 6.07 Å². The molecule has 0 radical (unpaired) electrons. The topological polar surface area (TPSA) is 63.4 Å². The first-order valence-corrected chi connectivity index (χ1v) is 9.76. The average molecular weight is 375 g/mol. The predicted octanol–water partition coefficient (Wildman–Crippen LogP) is 3.12. The Kier molecular flexibility index (Phi) is 6.22. The smallest absolute Gasteiger partial charge is 0.243 e. The molecule has 4 nitrogen and oxygen atoms in total. The highest BCUT2D eigenvalue weighted by atomic mass is 79.9. The Labute approximate surface area is 135 Å². The molecule has 0 atom stereocenters. The molecule has 0 heterocycles. The van der Waals surface area contributed by atoms with Crippen LogP contribution in [-0.2, 0) is 10.0 Å². The van der Waals surface area contributed by atoms with Gasteiger partial charge in [-0.05, 0) is 44.0 Å². The van der Waals surface area contributed by atoms with Crippen molar-refractivity contribution in [3.8, 4) is 0 Å². The van der Waals surface area contributed by atoms with Gasteiger partial charge in [-0.3, -0.25) is 0 Å². The van der Waals surface area contributed by atoms with Crippen LogP contribution in [-0.4, -0.2) is 31.9 Å². The second-order valence-electron chi connectivity index (χ2n) is 5.51. The van der Waals surface area contributed by atoms with E-state index in [2.05, 4.69) is 15.9 Å². The van der Waals surface area contributed by atoms with E-state index in [1.165, 1.54) is 6.42 Å². The molecule has 0 bridgehead atoms. The van der Waals surface area contributed by atoms with Crippen LogP contribution in [0.25, 0.3) is 0 Å². The first-order chi connectivity index (χ1) is 10.1. The molecule has 118 valence electrons. The Morgan fingerprint density at radius 2 is 1.95 bits per heavy atom. The Morgan fingerprint density at radius 3 is 2.57 bits per heavy atom. The summed E-state index contributed by atoms with van der Waals surface area (Å²) in [6.45, 7) is 1.02. The molecule has 0 aromatic heterocycles. The summed E-state index contributed by atoms with van der Waals surface area (Å²) < 4.78 is 28.4. The maximum Gasteiger partial charge on any atom is 0.243 e. The maximum atomic E-state index is 13.0. The fraction of sp³-hybridized carbons (Fsp3) is 0.600. The summed E-state index contributed by atoms with van der Waals surface area (Å²) in [7, 11) is -3.45. The molecule has 0 spiro atoms. The first kappa shape index (κ1) is 16.9. The van der Waals surface area contributed by atoms with Gasteiger partial charge in [-0.1, -0.05) is 41.3 Å². The molecule has 1 aromatic carbocycles. The minimum absolute atomic E-state index is 0.120. The molecule has 1 aliphatic rings.